The van der Waals surface area contributed by atoms with Crippen LogP contribution in [0.15, 0.2) is 36.7 Å². The van der Waals surface area contributed by atoms with E-state index in [-0.39, 0.29) is 5.41 Å². The Labute approximate surface area is 194 Å². The van der Waals surface area contributed by atoms with Crippen LogP contribution in [-0.2, 0) is 11.0 Å². The Hall–Kier alpha value is -1.98. The average Bonchev–Trinajstić information content (AvgIpc) is 2.84. The Balaban J connectivity index is 1.92. The molecule has 176 valence electrons. The van der Waals surface area contributed by atoms with E-state index in [9.17, 15) is 5.11 Å². The van der Waals surface area contributed by atoms with Gasteiger partial charge in [-0.05, 0) is 68.8 Å². The summed E-state index contributed by atoms with van der Waals surface area (Å²) in [5.74, 6) is 2.44. The summed E-state index contributed by atoms with van der Waals surface area (Å²) in [5, 5.41) is 10.9. The quantitative estimate of drug-likeness (QED) is 0.544. The standard InChI is InChI=1S/C27H41N3O2/c1-6-10-21(4)20-30-15-13-26(14-16-30,22-11-9-12-24(17-22)32-5)25-28-18-23(19-29-25)27(31,7-2)8-3/h9,11-12,17-19,21,31H,6-8,10,13-16,20H2,1-5H3. The monoisotopic (exact) mass is 439 g/mol. The highest BCUT2D eigenvalue weighted by molar-refractivity contribution is 5.39. The molecule has 0 radical (unpaired) electrons. The molecule has 0 spiro atoms. The lowest BCUT2D eigenvalue weighted by molar-refractivity contribution is 0.0275. The van der Waals surface area contributed by atoms with Gasteiger partial charge in [-0.25, -0.2) is 9.97 Å². The number of benzene rings is 1. The zero-order chi connectivity index (χ0) is 23.2. The molecule has 1 unspecified atom stereocenters. The van der Waals surface area contributed by atoms with Crippen LogP contribution in [0, 0.1) is 5.92 Å². The summed E-state index contributed by atoms with van der Waals surface area (Å²) >= 11 is 0. The Morgan fingerprint density at radius 3 is 2.34 bits per heavy atom. The summed E-state index contributed by atoms with van der Waals surface area (Å²) in [5.41, 5.74) is 0.916. The van der Waals surface area contributed by atoms with E-state index in [1.54, 1.807) is 7.11 Å². The molecule has 2 heterocycles. The van der Waals surface area contributed by atoms with Crippen LogP contribution in [0.25, 0.3) is 0 Å². The molecular weight excluding hydrogens is 398 g/mol. The molecule has 5 heteroatoms. The van der Waals surface area contributed by atoms with Crippen molar-refractivity contribution in [1.82, 2.24) is 14.9 Å². The molecule has 1 saturated heterocycles. The summed E-state index contributed by atoms with van der Waals surface area (Å²) in [7, 11) is 1.71. The van der Waals surface area contributed by atoms with Crippen LogP contribution in [0.4, 0.5) is 0 Å². The molecule has 1 aromatic heterocycles. The van der Waals surface area contributed by atoms with Gasteiger partial charge in [0.25, 0.3) is 0 Å². The van der Waals surface area contributed by atoms with E-state index >= 15 is 0 Å². The summed E-state index contributed by atoms with van der Waals surface area (Å²) < 4.78 is 5.54. The molecule has 2 aromatic rings. The second kappa shape index (κ2) is 10.8. The van der Waals surface area contributed by atoms with Crippen LogP contribution in [-0.4, -0.2) is 46.7 Å². The van der Waals surface area contributed by atoms with Gasteiger partial charge in [-0.3, -0.25) is 0 Å². The molecule has 0 amide bonds. The van der Waals surface area contributed by atoms with E-state index < -0.39 is 5.60 Å². The maximum absolute atomic E-state index is 10.9. The minimum absolute atomic E-state index is 0.242. The van der Waals surface area contributed by atoms with Gasteiger partial charge in [0, 0.05) is 24.5 Å². The van der Waals surface area contributed by atoms with Crippen molar-refractivity contribution in [3.63, 3.8) is 0 Å². The summed E-state index contributed by atoms with van der Waals surface area (Å²) in [6.45, 7) is 11.8. The van der Waals surface area contributed by atoms with Gasteiger partial charge in [-0.15, -0.1) is 0 Å². The average molecular weight is 440 g/mol. The number of methoxy groups -OCH3 is 1. The fraction of sp³-hybridized carbons (Fsp3) is 0.630. The third-order valence-electron chi connectivity index (χ3n) is 7.47. The van der Waals surface area contributed by atoms with Crippen molar-refractivity contribution < 1.29 is 9.84 Å². The van der Waals surface area contributed by atoms with Crippen LogP contribution < -0.4 is 4.74 Å². The first-order valence-corrected chi connectivity index (χ1v) is 12.3. The second-order valence-corrected chi connectivity index (χ2v) is 9.54. The maximum Gasteiger partial charge on any atom is 0.138 e. The SMILES string of the molecule is CCCC(C)CN1CCC(c2cccc(OC)c2)(c2ncc(C(O)(CC)CC)cn2)CC1. The summed E-state index contributed by atoms with van der Waals surface area (Å²) in [4.78, 5) is 12.3. The number of rotatable bonds is 10. The molecule has 0 aliphatic carbocycles. The lowest BCUT2D eigenvalue weighted by atomic mass is 9.71. The molecule has 0 bridgehead atoms. The highest BCUT2D eigenvalue weighted by Crippen LogP contribution is 2.41. The predicted octanol–water partition coefficient (Wildman–Crippen LogP) is 5.31. The van der Waals surface area contributed by atoms with Crippen LogP contribution in [0.1, 0.15) is 83.2 Å². The largest absolute Gasteiger partial charge is 0.497 e. The number of aromatic nitrogens is 2. The van der Waals surface area contributed by atoms with Crippen molar-refractivity contribution in [3.8, 4) is 5.75 Å². The highest BCUT2D eigenvalue weighted by Gasteiger charge is 2.41. The topological polar surface area (TPSA) is 58.5 Å². The Kier molecular flexibility index (Phi) is 8.29. The molecule has 1 fully saturated rings. The van der Waals surface area contributed by atoms with Crippen molar-refractivity contribution in [2.24, 2.45) is 5.92 Å². The van der Waals surface area contributed by atoms with Gasteiger partial charge in [-0.2, -0.15) is 0 Å². The van der Waals surface area contributed by atoms with Crippen LogP contribution in [0.5, 0.6) is 5.75 Å². The predicted molar refractivity (Wildman–Crippen MR) is 130 cm³/mol. The Morgan fingerprint density at radius 2 is 1.78 bits per heavy atom. The molecule has 32 heavy (non-hydrogen) atoms. The molecule has 3 rings (SSSR count). The first kappa shape index (κ1) is 24.7. The molecular formula is C27H41N3O2. The van der Waals surface area contributed by atoms with E-state index in [1.165, 1.54) is 18.4 Å². The molecule has 1 aromatic carbocycles. The van der Waals surface area contributed by atoms with Crippen LogP contribution in [0.2, 0.25) is 0 Å². The lowest BCUT2D eigenvalue weighted by Crippen LogP contribution is -2.45. The van der Waals surface area contributed by atoms with Crippen molar-refractivity contribution in [2.45, 2.75) is 77.2 Å². The number of likely N-dealkylation sites (tertiary alicyclic amines) is 1. The van der Waals surface area contributed by atoms with Gasteiger partial charge >= 0.3 is 0 Å². The van der Waals surface area contributed by atoms with Crippen molar-refractivity contribution >= 4 is 0 Å². The van der Waals surface area contributed by atoms with E-state index in [0.29, 0.717) is 12.8 Å². The van der Waals surface area contributed by atoms with E-state index in [4.69, 9.17) is 14.7 Å². The zero-order valence-corrected chi connectivity index (χ0v) is 20.6. The normalized spacial score (nSPS) is 17.8. The first-order chi connectivity index (χ1) is 15.4. The third kappa shape index (κ3) is 5.15. The van der Waals surface area contributed by atoms with Gasteiger partial charge in [0.05, 0.1) is 18.1 Å². The summed E-state index contributed by atoms with van der Waals surface area (Å²) in [6, 6.07) is 8.38. The van der Waals surface area contributed by atoms with Gasteiger partial charge in [-0.1, -0.05) is 46.2 Å². The molecule has 1 N–H and O–H groups in total. The molecule has 1 aliphatic heterocycles. The van der Waals surface area contributed by atoms with Crippen molar-refractivity contribution in [2.75, 3.05) is 26.7 Å². The Morgan fingerprint density at radius 1 is 1.12 bits per heavy atom. The number of ether oxygens (including phenoxy) is 1. The van der Waals surface area contributed by atoms with Gasteiger partial charge in [0.1, 0.15) is 11.6 Å². The van der Waals surface area contributed by atoms with E-state index in [0.717, 1.165) is 55.5 Å². The van der Waals surface area contributed by atoms with Crippen molar-refractivity contribution in [3.05, 3.63) is 53.6 Å². The number of nitrogens with zero attached hydrogens (tertiary/aromatic N) is 3. The number of aliphatic hydroxyl groups is 1. The van der Waals surface area contributed by atoms with Crippen LogP contribution in [0.3, 0.4) is 0 Å². The van der Waals surface area contributed by atoms with Gasteiger partial charge in [0.2, 0.25) is 0 Å². The molecule has 1 atom stereocenters. The van der Waals surface area contributed by atoms with E-state index in [2.05, 4.69) is 36.9 Å². The maximum atomic E-state index is 10.9. The smallest absolute Gasteiger partial charge is 0.138 e. The minimum Gasteiger partial charge on any atom is -0.497 e. The molecule has 0 saturated carbocycles. The number of hydrogen-bond acceptors (Lipinski definition) is 5. The molecule has 1 aliphatic rings. The number of hydrogen-bond donors (Lipinski definition) is 1. The third-order valence-corrected chi connectivity index (χ3v) is 7.47. The summed E-state index contributed by atoms with van der Waals surface area (Å²) in [6.07, 6.45) is 9.45. The number of piperidine rings is 1. The Bertz CT molecular complexity index is 840. The van der Waals surface area contributed by atoms with Gasteiger partial charge in [0.15, 0.2) is 0 Å². The minimum atomic E-state index is -0.861. The van der Waals surface area contributed by atoms with E-state index in [1.807, 2.05) is 32.3 Å². The fourth-order valence-electron chi connectivity index (χ4n) is 5.18. The van der Waals surface area contributed by atoms with Gasteiger partial charge < -0.3 is 14.7 Å². The zero-order valence-electron chi connectivity index (χ0n) is 20.6. The second-order valence-electron chi connectivity index (χ2n) is 9.54. The first-order valence-electron chi connectivity index (χ1n) is 12.3. The van der Waals surface area contributed by atoms with Crippen LogP contribution >= 0.6 is 0 Å². The molecule has 5 nitrogen and oxygen atoms in total. The van der Waals surface area contributed by atoms with Crippen molar-refractivity contribution in [1.29, 1.82) is 0 Å². The highest BCUT2D eigenvalue weighted by atomic mass is 16.5. The lowest BCUT2D eigenvalue weighted by Gasteiger charge is -2.42. The fourth-order valence-corrected chi connectivity index (χ4v) is 5.18.